The molecule has 0 amide bonds. The molecule has 0 aliphatic heterocycles. The molecule has 12 rings (SSSR count). The number of hydrogen-bond acceptors (Lipinski definition) is 0. The molecule has 2 heterocycles. The van der Waals surface area contributed by atoms with Crippen molar-refractivity contribution in [2.24, 2.45) is 0 Å². The highest BCUT2D eigenvalue weighted by Crippen LogP contribution is 2.47. The summed E-state index contributed by atoms with van der Waals surface area (Å²) in [4.78, 5) is 0. The smallest absolute Gasteiger partial charge is 0.0616 e. The summed E-state index contributed by atoms with van der Waals surface area (Å²) in [5.41, 5.74) is 15.2. The van der Waals surface area contributed by atoms with E-state index in [4.69, 9.17) is 0 Å². The van der Waals surface area contributed by atoms with Gasteiger partial charge in [-0.3, -0.25) is 0 Å². The molecule has 284 valence electrons. The molecular formula is C58H42N2. The standard InChI is InChI=1S/C58H42N2/c1-35-37(3)59(57-47-27-15-11-23-43(47)53(39-19-7-5-8-20-39)44-24-12-16-28-48(44)57)55-41(35)31-33-52-51(55)34-32-42-36(2)38(4)60(56(42)52)58-49-29-17-13-25-45(49)54(40-21-9-6-10-22-40)46-26-14-18-30-50(46)58/h5-34H,1-4H3. The molecule has 0 aliphatic carbocycles. The van der Waals surface area contributed by atoms with Crippen molar-refractivity contribution in [3.8, 4) is 33.6 Å². The van der Waals surface area contributed by atoms with Crippen LogP contribution in [0.25, 0.3) is 109 Å². The third-order valence-electron chi connectivity index (χ3n) is 13.5. The average Bonchev–Trinajstić information content (AvgIpc) is 3.71. The molecule has 2 aromatic heterocycles. The molecule has 12 aromatic rings. The first-order chi connectivity index (χ1) is 29.5. The summed E-state index contributed by atoms with van der Waals surface area (Å²) in [7, 11) is 0. The van der Waals surface area contributed by atoms with Crippen LogP contribution in [0.1, 0.15) is 22.5 Å². The third-order valence-corrected chi connectivity index (χ3v) is 13.5. The van der Waals surface area contributed by atoms with Crippen LogP contribution in [0.2, 0.25) is 0 Å². The molecule has 0 saturated heterocycles. The summed E-state index contributed by atoms with van der Waals surface area (Å²) in [6, 6.07) is 67.3. The first-order valence-corrected chi connectivity index (χ1v) is 21.0. The van der Waals surface area contributed by atoms with Crippen LogP contribution in [0.3, 0.4) is 0 Å². The van der Waals surface area contributed by atoms with Gasteiger partial charge in [-0.2, -0.15) is 0 Å². The molecule has 60 heavy (non-hydrogen) atoms. The van der Waals surface area contributed by atoms with Crippen LogP contribution in [-0.2, 0) is 0 Å². The van der Waals surface area contributed by atoms with Crippen molar-refractivity contribution in [3.05, 3.63) is 205 Å². The molecule has 10 aromatic carbocycles. The second-order valence-corrected chi connectivity index (χ2v) is 16.5. The zero-order chi connectivity index (χ0) is 40.2. The van der Waals surface area contributed by atoms with E-state index in [1.54, 1.807) is 0 Å². The lowest BCUT2D eigenvalue weighted by molar-refractivity contribution is 1.06. The van der Waals surface area contributed by atoms with Crippen molar-refractivity contribution in [2.45, 2.75) is 27.7 Å². The average molecular weight is 767 g/mol. The van der Waals surface area contributed by atoms with E-state index in [2.05, 4.69) is 219 Å². The molecule has 0 fully saturated rings. The molecule has 2 nitrogen and oxygen atoms in total. The Morgan fingerprint density at radius 1 is 0.250 bits per heavy atom. The number of nitrogens with zero attached hydrogens (tertiary/aromatic N) is 2. The molecule has 2 heteroatoms. The number of benzene rings is 10. The topological polar surface area (TPSA) is 9.86 Å². The summed E-state index contributed by atoms with van der Waals surface area (Å²) < 4.78 is 5.18. The second kappa shape index (κ2) is 13.0. The van der Waals surface area contributed by atoms with E-state index in [-0.39, 0.29) is 0 Å². The molecule has 0 saturated carbocycles. The van der Waals surface area contributed by atoms with Crippen molar-refractivity contribution in [1.82, 2.24) is 9.13 Å². The van der Waals surface area contributed by atoms with Gasteiger partial charge in [-0.15, -0.1) is 0 Å². The van der Waals surface area contributed by atoms with Crippen LogP contribution in [0, 0.1) is 27.7 Å². The molecule has 0 radical (unpaired) electrons. The minimum atomic E-state index is 1.23. The van der Waals surface area contributed by atoms with Gasteiger partial charge < -0.3 is 9.13 Å². The van der Waals surface area contributed by atoms with Gasteiger partial charge in [0.25, 0.3) is 0 Å². The Labute approximate surface area is 349 Å². The summed E-state index contributed by atoms with van der Waals surface area (Å²) in [5, 5.41) is 15.1. The van der Waals surface area contributed by atoms with Gasteiger partial charge in [-0.25, -0.2) is 0 Å². The molecule has 0 bridgehead atoms. The van der Waals surface area contributed by atoms with Crippen molar-refractivity contribution < 1.29 is 0 Å². The fourth-order valence-corrected chi connectivity index (χ4v) is 10.6. The summed E-state index contributed by atoms with van der Waals surface area (Å²) in [6.07, 6.45) is 0. The van der Waals surface area contributed by atoms with Gasteiger partial charge in [-0.05, 0) is 82.6 Å². The quantitative estimate of drug-likeness (QED) is 0.158. The van der Waals surface area contributed by atoms with Gasteiger partial charge in [-0.1, -0.05) is 182 Å². The molecule has 0 N–H and O–H groups in total. The maximum atomic E-state index is 2.59. The monoisotopic (exact) mass is 766 g/mol. The Morgan fingerprint density at radius 2 is 0.517 bits per heavy atom. The first-order valence-electron chi connectivity index (χ1n) is 21.0. The van der Waals surface area contributed by atoms with E-state index in [0.717, 1.165) is 0 Å². The van der Waals surface area contributed by atoms with Crippen LogP contribution in [0.4, 0.5) is 0 Å². The SMILES string of the molecule is Cc1c(C)n(-c2c3ccccc3c(-c3ccccc3)c3ccccc23)c2c1ccc1c2ccc2c(C)c(C)n(-c3c4ccccc4c(-c4ccccc4)c4ccccc34)c21. The number of fused-ring (bicyclic) bond motifs is 9. The van der Waals surface area contributed by atoms with E-state index < -0.39 is 0 Å². The number of hydrogen-bond donors (Lipinski definition) is 0. The Bertz CT molecular complexity index is 3370. The lowest BCUT2D eigenvalue weighted by atomic mass is 9.90. The lowest BCUT2D eigenvalue weighted by Gasteiger charge is -2.21. The highest BCUT2D eigenvalue weighted by atomic mass is 15.0. The predicted molar refractivity (Wildman–Crippen MR) is 257 cm³/mol. The van der Waals surface area contributed by atoms with Crippen LogP contribution < -0.4 is 0 Å². The fraction of sp³-hybridized carbons (Fsp3) is 0.0690. The van der Waals surface area contributed by atoms with Gasteiger partial charge in [0.1, 0.15) is 0 Å². The minimum absolute atomic E-state index is 1.23. The van der Waals surface area contributed by atoms with E-state index >= 15 is 0 Å². The number of rotatable bonds is 4. The van der Waals surface area contributed by atoms with Crippen molar-refractivity contribution >= 4 is 75.7 Å². The second-order valence-electron chi connectivity index (χ2n) is 16.5. The Morgan fingerprint density at radius 3 is 0.833 bits per heavy atom. The minimum Gasteiger partial charge on any atom is -0.312 e. The summed E-state index contributed by atoms with van der Waals surface area (Å²) in [5.74, 6) is 0. The molecule has 0 spiro atoms. The van der Waals surface area contributed by atoms with E-state index in [0.29, 0.717) is 0 Å². The first kappa shape index (κ1) is 34.6. The van der Waals surface area contributed by atoms with Crippen LogP contribution in [0.5, 0.6) is 0 Å². The van der Waals surface area contributed by atoms with E-state index in [1.165, 1.54) is 132 Å². The number of aromatic nitrogens is 2. The summed E-state index contributed by atoms with van der Waals surface area (Å²) >= 11 is 0. The fourth-order valence-electron chi connectivity index (χ4n) is 10.6. The van der Waals surface area contributed by atoms with Gasteiger partial charge >= 0.3 is 0 Å². The van der Waals surface area contributed by atoms with Crippen molar-refractivity contribution in [3.63, 3.8) is 0 Å². The maximum absolute atomic E-state index is 2.59. The van der Waals surface area contributed by atoms with Crippen LogP contribution in [-0.4, -0.2) is 9.13 Å². The van der Waals surface area contributed by atoms with Crippen LogP contribution in [0.15, 0.2) is 182 Å². The zero-order valence-electron chi connectivity index (χ0n) is 34.2. The van der Waals surface area contributed by atoms with Gasteiger partial charge in [0.05, 0.1) is 22.4 Å². The van der Waals surface area contributed by atoms with Crippen LogP contribution >= 0.6 is 0 Å². The lowest BCUT2D eigenvalue weighted by Crippen LogP contribution is -2.02. The largest absolute Gasteiger partial charge is 0.312 e. The predicted octanol–water partition coefficient (Wildman–Crippen LogP) is 15.9. The Hall–Kier alpha value is -7.42. The third kappa shape index (κ3) is 4.70. The van der Waals surface area contributed by atoms with Gasteiger partial charge in [0, 0.05) is 54.5 Å². The summed E-state index contributed by atoms with van der Waals surface area (Å²) in [6.45, 7) is 9.20. The van der Waals surface area contributed by atoms with Gasteiger partial charge in [0.2, 0.25) is 0 Å². The van der Waals surface area contributed by atoms with Gasteiger partial charge in [0.15, 0.2) is 0 Å². The normalized spacial score (nSPS) is 12.0. The molecule has 0 unspecified atom stereocenters. The van der Waals surface area contributed by atoms with E-state index in [9.17, 15) is 0 Å². The van der Waals surface area contributed by atoms with E-state index in [1.807, 2.05) is 0 Å². The molecular weight excluding hydrogens is 725 g/mol. The Kier molecular flexibility index (Phi) is 7.52. The van der Waals surface area contributed by atoms with Crippen molar-refractivity contribution in [1.29, 1.82) is 0 Å². The number of aryl methyl sites for hydroxylation is 2. The molecule has 0 aliphatic rings. The zero-order valence-corrected chi connectivity index (χ0v) is 34.2. The Balaban J connectivity index is 1.23. The van der Waals surface area contributed by atoms with Crippen molar-refractivity contribution in [2.75, 3.05) is 0 Å². The maximum Gasteiger partial charge on any atom is 0.0616 e. The highest BCUT2D eigenvalue weighted by Gasteiger charge is 2.25. The molecule has 0 atom stereocenters. The highest BCUT2D eigenvalue weighted by molar-refractivity contribution is 6.24.